The van der Waals surface area contributed by atoms with Gasteiger partial charge in [0.1, 0.15) is 0 Å². The molecule has 1 aliphatic rings. The molecule has 0 aliphatic carbocycles. The van der Waals surface area contributed by atoms with E-state index in [0.717, 1.165) is 31.3 Å². The number of hydrogen-bond acceptors (Lipinski definition) is 1. The van der Waals surface area contributed by atoms with Crippen molar-refractivity contribution in [3.63, 3.8) is 0 Å². The Kier molecular flexibility index (Phi) is 7.10. The minimum atomic E-state index is 0.377. The highest BCUT2D eigenvalue weighted by Crippen LogP contribution is 2.19. The number of rotatable bonds is 6. The Bertz CT molecular complexity index is 208. The van der Waals surface area contributed by atoms with Crippen LogP contribution in [0.15, 0.2) is 0 Å². The maximum Gasteiger partial charge on any atom is 0.222 e. The summed E-state index contributed by atoms with van der Waals surface area (Å²) in [6, 6.07) is 0. The highest BCUT2D eigenvalue weighted by Gasteiger charge is 2.22. The maximum absolute atomic E-state index is 11.9. The molecule has 0 aromatic heterocycles. The van der Waals surface area contributed by atoms with Crippen LogP contribution in [0.25, 0.3) is 0 Å². The molecular formula is C13H24BrNO. The van der Waals surface area contributed by atoms with Gasteiger partial charge in [-0.15, -0.1) is 0 Å². The van der Waals surface area contributed by atoms with Gasteiger partial charge in [0.15, 0.2) is 0 Å². The van der Waals surface area contributed by atoms with Crippen LogP contribution in [0.4, 0.5) is 0 Å². The fraction of sp³-hybridized carbons (Fsp3) is 0.923. The van der Waals surface area contributed by atoms with Crippen LogP contribution in [0.2, 0.25) is 0 Å². The predicted octanol–water partition coefficient (Wildman–Crippen LogP) is 3.59. The smallest absolute Gasteiger partial charge is 0.222 e. The Morgan fingerprint density at radius 2 is 2.19 bits per heavy atom. The SMILES string of the molecule is CCCCCCC(=O)N1CCCC(CBr)C1. The number of nitrogens with zero attached hydrogens (tertiary/aromatic N) is 1. The quantitative estimate of drug-likeness (QED) is 0.541. The van der Waals surface area contributed by atoms with Gasteiger partial charge in [-0.3, -0.25) is 4.79 Å². The summed E-state index contributed by atoms with van der Waals surface area (Å²) in [4.78, 5) is 14.0. The minimum absolute atomic E-state index is 0.377. The summed E-state index contributed by atoms with van der Waals surface area (Å²) in [5.74, 6) is 1.05. The first-order valence-corrected chi connectivity index (χ1v) is 7.73. The molecule has 1 rings (SSSR count). The highest BCUT2D eigenvalue weighted by molar-refractivity contribution is 9.09. The molecule has 1 fully saturated rings. The number of alkyl halides is 1. The molecule has 16 heavy (non-hydrogen) atoms. The van der Waals surface area contributed by atoms with E-state index in [-0.39, 0.29) is 0 Å². The molecule has 0 aromatic rings. The number of piperidine rings is 1. The molecule has 0 radical (unpaired) electrons. The van der Waals surface area contributed by atoms with E-state index in [9.17, 15) is 4.79 Å². The zero-order valence-electron chi connectivity index (χ0n) is 10.4. The third-order valence-corrected chi connectivity index (χ3v) is 4.25. The van der Waals surface area contributed by atoms with Crippen LogP contribution in [0.3, 0.4) is 0 Å². The molecule has 2 nitrogen and oxygen atoms in total. The largest absolute Gasteiger partial charge is 0.342 e. The van der Waals surface area contributed by atoms with Gasteiger partial charge in [-0.25, -0.2) is 0 Å². The van der Waals surface area contributed by atoms with Gasteiger partial charge in [-0.05, 0) is 25.2 Å². The lowest BCUT2D eigenvalue weighted by atomic mass is 9.99. The number of halogens is 1. The topological polar surface area (TPSA) is 20.3 Å². The summed E-state index contributed by atoms with van der Waals surface area (Å²) in [6.07, 6.45) is 7.98. The standard InChI is InChI=1S/C13H24BrNO/c1-2-3-4-5-8-13(16)15-9-6-7-12(10-14)11-15/h12H,2-11H2,1H3. The van der Waals surface area contributed by atoms with Crippen molar-refractivity contribution in [2.45, 2.75) is 51.9 Å². The molecule has 1 atom stereocenters. The lowest BCUT2D eigenvalue weighted by Gasteiger charge is -2.32. The molecule has 0 N–H and O–H groups in total. The van der Waals surface area contributed by atoms with Crippen molar-refractivity contribution < 1.29 is 4.79 Å². The highest BCUT2D eigenvalue weighted by atomic mass is 79.9. The van der Waals surface area contributed by atoms with E-state index in [4.69, 9.17) is 0 Å². The third-order valence-electron chi connectivity index (χ3n) is 3.33. The Labute approximate surface area is 108 Å². The molecule has 1 aliphatic heterocycles. The van der Waals surface area contributed by atoms with Gasteiger partial charge in [0.05, 0.1) is 0 Å². The third kappa shape index (κ3) is 4.86. The fourth-order valence-electron chi connectivity index (χ4n) is 2.28. The average Bonchev–Trinajstić information content (AvgIpc) is 2.34. The normalized spacial score (nSPS) is 21.1. The van der Waals surface area contributed by atoms with Crippen LogP contribution in [-0.2, 0) is 4.79 Å². The van der Waals surface area contributed by atoms with Crippen molar-refractivity contribution in [1.29, 1.82) is 0 Å². The van der Waals surface area contributed by atoms with Crippen LogP contribution >= 0.6 is 15.9 Å². The van der Waals surface area contributed by atoms with Crippen molar-refractivity contribution in [3.8, 4) is 0 Å². The first kappa shape index (κ1) is 14.0. The summed E-state index contributed by atoms with van der Waals surface area (Å²) >= 11 is 3.52. The second kappa shape index (κ2) is 8.10. The van der Waals surface area contributed by atoms with Crippen molar-refractivity contribution >= 4 is 21.8 Å². The molecule has 0 aromatic carbocycles. The molecule has 1 heterocycles. The minimum Gasteiger partial charge on any atom is -0.342 e. The van der Waals surface area contributed by atoms with Crippen LogP contribution in [0, 0.1) is 5.92 Å². The van der Waals surface area contributed by atoms with E-state index in [0.29, 0.717) is 11.8 Å². The Balaban J connectivity index is 2.19. The Hall–Kier alpha value is -0.0500. The van der Waals surface area contributed by atoms with E-state index >= 15 is 0 Å². The number of hydrogen-bond donors (Lipinski definition) is 0. The zero-order valence-corrected chi connectivity index (χ0v) is 12.0. The number of likely N-dealkylation sites (tertiary alicyclic amines) is 1. The monoisotopic (exact) mass is 289 g/mol. The number of amides is 1. The number of unbranched alkanes of at least 4 members (excludes halogenated alkanes) is 3. The molecule has 3 heteroatoms. The summed E-state index contributed by atoms with van der Waals surface area (Å²) < 4.78 is 0. The van der Waals surface area contributed by atoms with Crippen molar-refractivity contribution in [2.75, 3.05) is 18.4 Å². The van der Waals surface area contributed by atoms with E-state index in [1.165, 1.54) is 32.1 Å². The maximum atomic E-state index is 11.9. The first-order valence-electron chi connectivity index (χ1n) is 6.61. The van der Waals surface area contributed by atoms with Crippen molar-refractivity contribution in [2.24, 2.45) is 5.92 Å². The lowest BCUT2D eigenvalue weighted by Crippen LogP contribution is -2.40. The number of carbonyl (C=O) groups excluding carboxylic acids is 1. The molecule has 1 unspecified atom stereocenters. The van der Waals surface area contributed by atoms with Gasteiger partial charge in [0.2, 0.25) is 5.91 Å². The van der Waals surface area contributed by atoms with Gasteiger partial charge in [0, 0.05) is 24.8 Å². The Morgan fingerprint density at radius 1 is 1.38 bits per heavy atom. The van der Waals surface area contributed by atoms with E-state index in [1.807, 2.05) is 0 Å². The second-order valence-corrected chi connectivity index (χ2v) is 5.46. The first-order chi connectivity index (χ1) is 7.77. The molecular weight excluding hydrogens is 266 g/mol. The molecule has 1 amide bonds. The molecule has 94 valence electrons. The van der Waals surface area contributed by atoms with Crippen molar-refractivity contribution in [1.82, 2.24) is 4.90 Å². The van der Waals surface area contributed by atoms with Crippen molar-refractivity contribution in [3.05, 3.63) is 0 Å². The molecule has 0 saturated carbocycles. The second-order valence-electron chi connectivity index (χ2n) is 4.81. The number of carbonyl (C=O) groups is 1. The van der Waals surface area contributed by atoms with Crippen LogP contribution in [0.1, 0.15) is 51.9 Å². The van der Waals surface area contributed by atoms with Gasteiger partial charge in [0.25, 0.3) is 0 Å². The van der Waals surface area contributed by atoms with Gasteiger partial charge < -0.3 is 4.90 Å². The van der Waals surface area contributed by atoms with Gasteiger partial charge in [-0.1, -0.05) is 42.1 Å². The summed E-state index contributed by atoms with van der Waals surface area (Å²) in [7, 11) is 0. The summed E-state index contributed by atoms with van der Waals surface area (Å²) in [5, 5.41) is 1.03. The van der Waals surface area contributed by atoms with Crippen LogP contribution < -0.4 is 0 Å². The predicted molar refractivity (Wildman–Crippen MR) is 71.9 cm³/mol. The lowest BCUT2D eigenvalue weighted by molar-refractivity contribution is -0.132. The van der Waals surface area contributed by atoms with Crippen LogP contribution in [-0.4, -0.2) is 29.2 Å². The molecule has 1 saturated heterocycles. The molecule has 0 spiro atoms. The van der Waals surface area contributed by atoms with E-state index in [2.05, 4.69) is 27.8 Å². The fourth-order valence-corrected chi connectivity index (χ4v) is 2.81. The van der Waals surface area contributed by atoms with Gasteiger partial charge in [-0.2, -0.15) is 0 Å². The Morgan fingerprint density at radius 3 is 2.88 bits per heavy atom. The van der Waals surface area contributed by atoms with Crippen LogP contribution in [0.5, 0.6) is 0 Å². The van der Waals surface area contributed by atoms with Gasteiger partial charge >= 0.3 is 0 Å². The summed E-state index contributed by atoms with van der Waals surface area (Å²) in [5.41, 5.74) is 0. The molecule has 0 bridgehead atoms. The average molecular weight is 290 g/mol. The summed E-state index contributed by atoms with van der Waals surface area (Å²) in [6.45, 7) is 4.15. The van der Waals surface area contributed by atoms with E-state index in [1.54, 1.807) is 0 Å². The zero-order chi connectivity index (χ0) is 11.8. The van der Waals surface area contributed by atoms with E-state index < -0.39 is 0 Å².